The lowest BCUT2D eigenvalue weighted by atomic mass is 10.1. The van der Waals surface area contributed by atoms with Gasteiger partial charge >= 0.3 is 0 Å². The Morgan fingerprint density at radius 1 is 1.17 bits per heavy atom. The quantitative estimate of drug-likeness (QED) is 0.666. The minimum absolute atomic E-state index is 0.0778. The third kappa shape index (κ3) is 1.43. The summed E-state index contributed by atoms with van der Waals surface area (Å²) in [4.78, 5) is 12.3. The maximum atomic E-state index is 12.3. The lowest BCUT2D eigenvalue weighted by Crippen LogP contribution is -2.02. The second-order valence-electron chi connectivity index (χ2n) is 3.94. The fraction of sp³-hybridized carbons (Fsp3) is 0.0714. The summed E-state index contributed by atoms with van der Waals surface area (Å²) in [7, 11) is 1.53. The van der Waals surface area contributed by atoms with Crippen molar-refractivity contribution in [1.82, 2.24) is 0 Å². The maximum absolute atomic E-state index is 12.3. The summed E-state index contributed by atoms with van der Waals surface area (Å²) in [5, 5.41) is 10.3. The van der Waals surface area contributed by atoms with Crippen LogP contribution in [0.4, 0.5) is 0 Å². The molecule has 0 spiro atoms. The number of phenolic OH excluding ortho intramolecular Hbond substituents is 1. The first-order chi connectivity index (χ1) is 8.70. The molecule has 0 aliphatic rings. The molecule has 4 heteroatoms. The molecule has 0 saturated heterocycles. The number of methoxy groups -OCH3 is 1. The standard InChI is InChI=1S/C14H10O4/c1-17-8-5-6-11-9(7-8)14(16)13-10(15)3-2-4-12(13)18-11/h2-7,15H,1H3. The minimum Gasteiger partial charge on any atom is -0.507 e. The van der Waals surface area contributed by atoms with Gasteiger partial charge in [0, 0.05) is 0 Å². The van der Waals surface area contributed by atoms with E-state index in [2.05, 4.69) is 0 Å². The fourth-order valence-electron chi connectivity index (χ4n) is 1.99. The molecule has 0 saturated carbocycles. The van der Waals surface area contributed by atoms with Crippen LogP contribution in [0.15, 0.2) is 45.6 Å². The van der Waals surface area contributed by atoms with Gasteiger partial charge in [-0.1, -0.05) is 6.07 Å². The molecule has 2 aromatic carbocycles. The van der Waals surface area contributed by atoms with E-state index < -0.39 is 0 Å². The third-order valence-electron chi connectivity index (χ3n) is 2.88. The van der Waals surface area contributed by atoms with Gasteiger partial charge in [0.25, 0.3) is 0 Å². The smallest absolute Gasteiger partial charge is 0.204 e. The molecule has 0 unspecified atom stereocenters. The number of phenols is 1. The van der Waals surface area contributed by atoms with Gasteiger partial charge in [-0.05, 0) is 30.3 Å². The number of hydrogen-bond donors (Lipinski definition) is 1. The van der Waals surface area contributed by atoms with E-state index in [9.17, 15) is 9.90 Å². The van der Waals surface area contributed by atoms with Crippen LogP contribution in [0.5, 0.6) is 11.5 Å². The number of benzene rings is 2. The van der Waals surface area contributed by atoms with Crippen LogP contribution in [-0.2, 0) is 0 Å². The molecular formula is C14H10O4. The summed E-state index contributed by atoms with van der Waals surface area (Å²) < 4.78 is 10.7. The minimum atomic E-state index is -0.261. The van der Waals surface area contributed by atoms with Crippen molar-refractivity contribution < 1.29 is 14.3 Å². The third-order valence-corrected chi connectivity index (χ3v) is 2.88. The van der Waals surface area contributed by atoms with Gasteiger partial charge in [0.2, 0.25) is 5.43 Å². The first-order valence-corrected chi connectivity index (χ1v) is 5.43. The van der Waals surface area contributed by atoms with Gasteiger partial charge in [-0.3, -0.25) is 4.79 Å². The van der Waals surface area contributed by atoms with E-state index >= 15 is 0 Å². The molecule has 0 radical (unpaired) electrons. The Labute approximate surface area is 102 Å². The second-order valence-corrected chi connectivity index (χ2v) is 3.94. The Morgan fingerprint density at radius 3 is 2.78 bits per heavy atom. The van der Waals surface area contributed by atoms with Crippen LogP contribution >= 0.6 is 0 Å². The largest absolute Gasteiger partial charge is 0.507 e. The van der Waals surface area contributed by atoms with E-state index in [1.807, 2.05) is 0 Å². The van der Waals surface area contributed by atoms with Crippen molar-refractivity contribution in [3.8, 4) is 11.5 Å². The van der Waals surface area contributed by atoms with E-state index in [0.717, 1.165) is 0 Å². The summed E-state index contributed by atoms with van der Waals surface area (Å²) in [5.74, 6) is 0.496. The average molecular weight is 242 g/mol. The van der Waals surface area contributed by atoms with Crippen molar-refractivity contribution in [2.24, 2.45) is 0 Å². The van der Waals surface area contributed by atoms with Crippen molar-refractivity contribution >= 4 is 21.9 Å². The normalized spacial score (nSPS) is 10.9. The van der Waals surface area contributed by atoms with E-state index in [1.165, 1.54) is 13.2 Å². The summed E-state index contributed by atoms with van der Waals surface area (Å²) in [6.45, 7) is 0. The highest BCUT2D eigenvalue weighted by Gasteiger charge is 2.11. The molecule has 3 rings (SSSR count). The molecule has 0 aliphatic carbocycles. The van der Waals surface area contributed by atoms with Gasteiger partial charge in [0.15, 0.2) is 0 Å². The Morgan fingerprint density at radius 2 is 2.00 bits per heavy atom. The van der Waals surface area contributed by atoms with Gasteiger partial charge in [0.05, 0.1) is 12.5 Å². The zero-order chi connectivity index (χ0) is 12.7. The molecule has 1 N–H and O–H groups in total. The summed E-state index contributed by atoms with van der Waals surface area (Å²) in [6.07, 6.45) is 0. The number of fused-ring (bicyclic) bond motifs is 2. The molecule has 1 heterocycles. The van der Waals surface area contributed by atoms with E-state index in [0.29, 0.717) is 22.3 Å². The maximum Gasteiger partial charge on any atom is 0.204 e. The number of hydrogen-bond acceptors (Lipinski definition) is 4. The molecule has 0 atom stereocenters. The molecule has 0 aliphatic heterocycles. The van der Waals surface area contributed by atoms with Gasteiger partial charge in [-0.15, -0.1) is 0 Å². The van der Waals surface area contributed by atoms with Crippen molar-refractivity contribution in [2.45, 2.75) is 0 Å². The van der Waals surface area contributed by atoms with Crippen LogP contribution in [-0.4, -0.2) is 12.2 Å². The van der Waals surface area contributed by atoms with E-state index in [1.54, 1.807) is 30.3 Å². The van der Waals surface area contributed by atoms with Crippen LogP contribution in [0, 0.1) is 0 Å². The summed E-state index contributed by atoms with van der Waals surface area (Å²) >= 11 is 0. The predicted molar refractivity (Wildman–Crippen MR) is 68.2 cm³/mol. The Hall–Kier alpha value is -2.49. The highest BCUT2D eigenvalue weighted by atomic mass is 16.5. The van der Waals surface area contributed by atoms with Crippen LogP contribution in [0.3, 0.4) is 0 Å². The molecule has 1 aromatic heterocycles. The summed E-state index contributed by atoms with van der Waals surface area (Å²) in [6, 6.07) is 9.76. The Balaban J connectivity index is 2.54. The predicted octanol–water partition coefficient (Wildman–Crippen LogP) is 2.66. The van der Waals surface area contributed by atoms with Crippen LogP contribution in [0.1, 0.15) is 0 Å². The molecule has 0 bridgehead atoms. The van der Waals surface area contributed by atoms with E-state index in [4.69, 9.17) is 9.15 Å². The van der Waals surface area contributed by atoms with Gasteiger partial charge in [0.1, 0.15) is 28.1 Å². The topological polar surface area (TPSA) is 59.7 Å². The van der Waals surface area contributed by atoms with Crippen LogP contribution in [0.25, 0.3) is 21.9 Å². The monoisotopic (exact) mass is 242 g/mol. The van der Waals surface area contributed by atoms with Crippen molar-refractivity contribution in [2.75, 3.05) is 7.11 Å². The van der Waals surface area contributed by atoms with Crippen molar-refractivity contribution in [1.29, 1.82) is 0 Å². The molecule has 4 nitrogen and oxygen atoms in total. The molecular weight excluding hydrogens is 232 g/mol. The molecule has 0 fully saturated rings. The zero-order valence-electron chi connectivity index (χ0n) is 9.64. The van der Waals surface area contributed by atoms with Gasteiger partial charge in [-0.25, -0.2) is 0 Å². The highest BCUT2D eigenvalue weighted by Crippen LogP contribution is 2.26. The van der Waals surface area contributed by atoms with Crippen molar-refractivity contribution in [3.63, 3.8) is 0 Å². The first-order valence-electron chi connectivity index (χ1n) is 5.43. The average Bonchev–Trinajstić information content (AvgIpc) is 2.38. The highest BCUT2D eigenvalue weighted by molar-refractivity contribution is 5.93. The number of aromatic hydroxyl groups is 1. The molecule has 3 aromatic rings. The Bertz CT molecular complexity index is 802. The van der Waals surface area contributed by atoms with Gasteiger partial charge in [-0.2, -0.15) is 0 Å². The second kappa shape index (κ2) is 3.77. The number of ether oxygens (including phenoxy) is 1. The number of rotatable bonds is 1. The van der Waals surface area contributed by atoms with Crippen LogP contribution in [0.2, 0.25) is 0 Å². The lowest BCUT2D eigenvalue weighted by molar-refractivity contribution is 0.415. The zero-order valence-corrected chi connectivity index (χ0v) is 9.64. The SMILES string of the molecule is COc1ccc2oc3cccc(O)c3c(=O)c2c1. The molecule has 0 amide bonds. The van der Waals surface area contributed by atoms with Crippen LogP contribution < -0.4 is 10.2 Å². The van der Waals surface area contributed by atoms with Crippen molar-refractivity contribution in [3.05, 3.63) is 46.6 Å². The molecule has 18 heavy (non-hydrogen) atoms. The fourth-order valence-corrected chi connectivity index (χ4v) is 1.99. The summed E-state index contributed by atoms with van der Waals surface area (Å²) in [5.41, 5.74) is 0.583. The first kappa shape index (κ1) is 10.7. The Kier molecular flexibility index (Phi) is 2.23. The lowest BCUT2D eigenvalue weighted by Gasteiger charge is -2.04. The van der Waals surface area contributed by atoms with E-state index in [-0.39, 0.29) is 16.6 Å². The van der Waals surface area contributed by atoms with Gasteiger partial charge < -0.3 is 14.3 Å². The molecule has 90 valence electrons.